The molecular formula is C23H24N6O4. The second kappa shape index (κ2) is 8.83. The highest BCUT2D eigenvalue weighted by molar-refractivity contribution is 6.04. The molecule has 0 fully saturated rings. The number of rotatable bonds is 7. The van der Waals surface area contributed by atoms with Gasteiger partial charge in [0.15, 0.2) is 0 Å². The van der Waals surface area contributed by atoms with Crippen LogP contribution in [0.25, 0.3) is 17.0 Å². The van der Waals surface area contributed by atoms with Gasteiger partial charge in [0.25, 0.3) is 5.91 Å². The van der Waals surface area contributed by atoms with Crippen LogP contribution >= 0.6 is 0 Å². The first-order valence-electron chi connectivity index (χ1n) is 10.4. The summed E-state index contributed by atoms with van der Waals surface area (Å²) in [7, 11) is 0. The van der Waals surface area contributed by atoms with E-state index in [1.54, 1.807) is 30.5 Å². The topological polar surface area (TPSA) is 135 Å². The summed E-state index contributed by atoms with van der Waals surface area (Å²) in [4.78, 5) is 33.3. The number of hydrogen-bond acceptors (Lipinski definition) is 7. The van der Waals surface area contributed by atoms with Crippen LogP contribution in [0, 0.1) is 6.92 Å². The predicted octanol–water partition coefficient (Wildman–Crippen LogP) is 2.72. The second-order valence-corrected chi connectivity index (χ2v) is 8.33. The highest BCUT2D eigenvalue weighted by atomic mass is 16.5. The van der Waals surface area contributed by atoms with E-state index in [9.17, 15) is 14.7 Å². The molecule has 0 aliphatic carbocycles. The van der Waals surface area contributed by atoms with Gasteiger partial charge in [-0.1, -0.05) is 23.4 Å². The molecule has 1 aromatic carbocycles. The maximum absolute atomic E-state index is 12.9. The number of imidazole rings is 1. The van der Waals surface area contributed by atoms with Crippen molar-refractivity contribution in [3.8, 4) is 11.4 Å². The van der Waals surface area contributed by atoms with E-state index in [-0.39, 0.29) is 30.7 Å². The van der Waals surface area contributed by atoms with Gasteiger partial charge in [0.2, 0.25) is 17.6 Å². The summed E-state index contributed by atoms with van der Waals surface area (Å²) in [6.07, 6.45) is 3.27. The van der Waals surface area contributed by atoms with Crippen molar-refractivity contribution < 1.29 is 19.2 Å². The lowest BCUT2D eigenvalue weighted by Crippen LogP contribution is -2.31. The van der Waals surface area contributed by atoms with Crippen LogP contribution in [0.5, 0.6) is 0 Å². The molecule has 0 bridgehead atoms. The third kappa shape index (κ3) is 5.24. The van der Waals surface area contributed by atoms with Crippen molar-refractivity contribution in [2.45, 2.75) is 39.3 Å². The zero-order valence-corrected chi connectivity index (χ0v) is 18.5. The quantitative estimate of drug-likeness (QED) is 0.396. The monoisotopic (exact) mass is 448 g/mol. The molecule has 0 saturated heterocycles. The summed E-state index contributed by atoms with van der Waals surface area (Å²) < 4.78 is 6.94. The number of pyridine rings is 1. The first-order chi connectivity index (χ1) is 15.7. The molecule has 2 amide bonds. The Morgan fingerprint density at radius 1 is 1.21 bits per heavy atom. The van der Waals surface area contributed by atoms with E-state index in [0.717, 1.165) is 5.56 Å². The molecule has 170 valence electrons. The Labute approximate surface area is 189 Å². The number of aromatic nitrogens is 4. The minimum absolute atomic E-state index is 0.0402. The van der Waals surface area contributed by atoms with Gasteiger partial charge in [0.1, 0.15) is 11.3 Å². The Hall–Kier alpha value is -4.05. The first-order valence-corrected chi connectivity index (χ1v) is 10.4. The average molecular weight is 448 g/mol. The molecule has 4 aromatic rings. The molecule has 3 N–H and O–H groups in total. The Kier molecular flexibility index (Phi) is 5.93. The van der Waals surface area contributed by atoms with E-state index in [1.165, 1.54) is 6.20 Å². The molecule has 0 aliphatic rings. The van der Waals surface area contributed by atoms with E-state index in [0.29, 0.717) is 28.4 Å². The van der Waals surface area contributed by atoms with E-state index < -0.39 is 5.60 Å². The van der Waals surface area contributed by atoms with Crippen LogP contribution in [-0.4, -0.2) is 42.0 Å². The number of anilines is 1. The molecular weight excluding hydrogens is 424 g/mol. The normalized spacial score (nSPS) is 11.5. The summed E-state index contributed by atoms with van der Waals surface area (Å²) in [6.45, 7) is 5.04. The zero-order chi connectivity index (χ0) is 23.6. The fourth-order valence-corrected chi connectivity index (χ4v) is 3.26. The lowest BCUT2D eigenvalue weighted by Gasteiger charge is -2.15. The molecule has 10 heteroatoms. The maximum Gasteiger partial charge on any atom is 0.274 e. The van der Waals surface area contributed by atoms with Crippen molar-refractivity contribution >= 4 is 23.1 Å². The van der Waals surface area contributed by atoms with Gasteiger partial charge in [-0.05, 0) is 44.5 Å². The molecule has 33 heavy (non-hydrogen) atoms. The van der Waals surface area contributed by atoms with Gasteiger partial charge in [-0.3, -0.25) is 14.0 Å². The molecule has 0 spiro atoms. The third-order valence-electron chi connectivity index (χ3n) is 4.89. The van der Waals surface area contributed by atoms with Gasteiger partial charge < -0.3 is 20.3 Å². The number of fused-ring (bicyclic) bond motifs is 1. The second-order valence-electron chi connectivity index (χ2n) is 8.33. The smallest absolute Gasteiger partial charge is 0.274 e. The number of aliphatic hydroxyl groups is 1. The van der Waals surface area contributed by atoms with Crippen LogP contribution in [0.4, 0.5) is 5.69 Å². The van der Waals surface area contributed by atoms with Gasteiger partial charge in [-0.15, -0.1) is 0 Å². The predicted molar refractivity (Wildman–Crippen MR) is 120 cm³/mol. The number of nitrogens with zero attached hydrogens (tertiary/aromatic N) is 4. The van der Waals surface area contributed by atoms with Crippen LogP contribution in [0.3, 0.4) is 0 Å². The van der Waals surface area contributed by atoms with Crippen LogP contribution in [-0.2, 0) is 11.3 Å². The minimum Gasteiger partial charge on any atom is -0.390 e. The number of amides is 2. The van der Waals surface area contributed by atoms with E-state index >= 15 is 0 Å². The Morgan fingerprint density at radius 3 is 2.82 bits per heavy atom. The molecule has 10 nitrogen and oxygen atoms in total. The summed E-state index contributed by atoms with van der Waals surface area (Å²) in [6, 6.07) is 10.9. The van der Waals surface area contributed by atoms with Crippen LogP contribution in [0.2, 0.25) is 0 Å². The van der Waals surface area contributed by atoms with Crippen molar-refractivity contribution in [1.82, 2.24) is 24.8 Å². The molecule has 0 saturated carbocycles. The number of aryl methyl sites for hydroxylation is 1. The van der Waals surface area contributed by atoms with E-state index in [2.05, 4.69) is 25.8 Å². The van der Waals surface area contributed by atoms with Gasteiger partial charge in [-0.25, -0.2) is 4.98 Å². The number of nitrogens with one attached hydrogen (secondary N) is 2. The molecule has 3 aromatic heterocycles. The largest absolute Gasteiger partial charge is 0.390 e. The van der Waals surface area contributed by atoms with Crippen LogP contribution in [0.15, 0.2) is 53.3 Å². The maximum atomic E-state index is 12.9. The van der Waals surface area contributed by atoms with E-state index in [1.807, 2.05) is 37.3 Å². The molecule has 4 rings (SSSR count). The van der Waals surface area contributed by atoms with Crippen molar-refractivity contribution in [2.24, 2.45) is 0 Å². The molecule has 0 unspecified atom stereocenters. The highest BCUT2D eigenvalue weighted by Crippen LogP contribution is 2.24. The Bertz CT molecular complexity index is 1320. The summed E-state index contributed by atoms with van der Waals surface area (Å²) >= 11 is 0. The summed E-state index contributed by atoms with van der Waals surface area (Å²) in [5, 5.41) is 19.2. The van der Waals surface area contributed by atoms with Crippen LogP contribution in [0.1, 0.15) is 42.2 Å². The van der Waals surface area contributed by atoms with Crippen molar-refractivity contribution in [1.29, 1.82) is 0 Å². The van der Waals surface area contributed by atoms with Gasteiger partial charge in [0, 0.05) is 17.4 Å². The number of hydrogen-bond donors (Lipinski definition) is 3. The third-order valence-corrected chi connectivity index (χ3v) is 4.89. The number of carbonyl (C=O) groups excluding carboxylic acids is 2. The fraction of sp³-hybridized carbons (Fsp3) is 0.261. The lowest BCUT2D eigenvalue weighted by atomic mass is 10.1. The fourth-order valence-electron chi connectivity index (χ4n) is 3.26. The number of benzene rings is 1. The van der Waals surface area contributed by atoms with Gasteiger partial charge in [0.05, 0.1) is 24.8 Å². The van der Waals surface area contributed by atoms with Gasteiger partial charge >= 0.3 is 0 Å². The molecule has 3 heterocycles. The van der Waals surface area contributed by atoms with E-state index in [4.69, 9.17) is 4.52 Å². The summed E-state index contributed by atoms with van der Waals surface area (Å²) in [5.41, 5.74) is 2.11. The zero-order valence-electron chi connectivity index (χ0n) is 18.5. The highest BCUT2D eigenvalue weighted by Gasteiger charge is 2.19. The Balaban J connectivity index is 1.47. The Morgan fingerprint density at radius 2 is 2.03 bits per heavy atom. The lowest BCUT2D eigenvalue weighted by molar-refractivity contribution is -0.125. The van der Waals surface area contributed by atoms with Crippen molar-refractivity contribution in [3.63, 3.8) is 0 Å². The average Bonchev–Trinajstić information content (AvgIpc) is 3.40. The first kappa shape index (κ1) is 22.2. The van der Waals surface area contributed by atoms with Crippen molar-refractivity contribution in [3.05, 3.63) is 65.9 Å². The van der Waals surface area contributed by atoms with Gasteiger partial charge in [-0.2, -0.15) is 4.98 Å². The summed E-state index contributed by atoms with van der Waals surface area (Å²) in [5.74, 6) is -0.0646. The standard InChI is InChI=1S/C23H24N6O4/c1-14-7-8-15(21-27-20(33-28-21)13-25-19(30)11-23(2,3)32)10-16(14)26-22(31)17-12-24-18-6-4-5-9-29(17)18/h4-10,12,32H,11,13H2,1-3H3,(H,25,30)(H,26,31). The van der Waals surface area contributed by atoms with Crippen LogP contribution < -0.4 is 10.6 Å². The SMILES string of the molecule is Cc1ccc(-c2noc(CNC(=O)CC(C)(C)O)n2)cc1NC(=O)c1cnc2ccccn12. The molecule has 0 aliphatic heterocycles. The minimum atomic E-state index is -1.10. The number of carbonyl (C=O) groups is 2. The van der Waals surface area contributed by atoms with Crippen molar-refractivity contribution in [2.75, 3.05) is 5.32 Å². The molecule has 0 atom stereocenters. The molecule has 0 radical (unpaired) electrons.